The first-order chi connectivity index (χ1) is 18.6. The molecule has 1 aliphatic carbocycles. The molecule has 0 atom stereocenters. The zero-order chi connectivity index (χ0) is 26.3. The van der Waals surface area contributed by atoms with Crippen LogP contribution in [0.4, 0.5) is 5.69 Å². The van der Waals surface area contributed by atoms with Crippen molar-refractivity contribution in [1.82, 2.24) is 14.8 Å². The predicted octanol–water partition coefficient (Wildman–Crippen LogP) is 6.63. The zero-order valence-electron chi connectivity index (χ0n) is 21.3. The van der Waals surface area contributed by atoms with Gasteiger partial charge in [-0.25, -0.2) is 4.79 Å². The number of esters is 1. The number of nitrogens with one attached hydrogen (secondary N) is 1. The van der Waals surface area contributed by atoms with E-state index >= 15 is 0 Å². The molecule has 1 N–H and O–H groups in total. The molecular formula is C30H30N4O3S. The molecule has 8 heteroatoms. The van der Waals surface area contributed by atoms with Crippen molar-refractivity contribution in [2.75, 3.05) is 18.2 Å². The minimum Gasteiger partial charge on any atom is -0.465 e. The number of nitrogens with zero attached hydrogens (tertiary/aromatic N) is 3. The Balaban J connectivity index is 1.34. The van der Waals surface area contributed by atoms with Crippen LogP contribution in [0, 0.1) is 0 Å². The van der Waals surface area contributed by atoms with Crippen LogP contribution in [0.1, 0.15) is 48.5 Å². The van der Waals surface area contributed by atoms with E-state index in [1.54, 1.807) is 24.3 Å². The van der Waals surface area contributed by atoms with Crippen molar-refractivity contribution < 1.29 is 14.3 Å². The zero-order valence-corrected chi connectivity index (χ0v) is 22.1. The Kier molecular flexibility index (Phi) is 8.19. The average molecular weight is 527 g/mol. The van der Waals surface area contributed by atoms with Crippen LogP contribution in [0.5, 0.6) is 0 Å². The summed E-state index contributed by atoms with van der Waals surface area (Å²) in [6, 6.07) is 25.8. The van der Waals surface area contributed by atoms with Crippen molar-refractivity contribution in [3.8, 4) is 22.5 Å². The monoisotopic (exact) mass is 526 g/mol. The number of methoxy groups -OCH3 is 1. The van der Waals surface area contributed by atoms with Crippen molar-refractivity contribution in [3.63, 3.8) is 0 Å². The third kappa shape index (κ3) is 5.97. The summed E-state index contributed by atoms with van der Waals surface area (Å²) >= 11 is 1.38. The maximum absolute atomic E-state index is 12.8. The molecule has 1 aliphatic rings. The van der Waals surface area contributed by atoms with Gasteiger partial charge in [0.25, 0.3) is 0 Å². The second kappa shape index (κ2) is 12.1. The fraction of sp³-hybridized carbons (Fsp3) is 0.267. The lowest BCUT2D eigenvalue weighted by Gasteiger charge is -2.25. The summed E-state index contributed by atoms with van der Waals surface area (Å²) < 4.78 is 7.00. The lowest BCUT2D eigenvalue weighted by Crippen LogP contribution is -2.17. The summed E-state index contributed by atoms with van der Waals surface area (Å²) in [5.74, 6) is 0.398. The molecule has 0 radical (unpaired) electrons. The minimum atomic E-state index is -0.444. The average Bonchev–Trinajstić information content (AvgIpc) is 3.41. The van der Waals surface area contributed by atoms with Gasteiger partial charge in [-0.2, -0.15) is 0 Å². The van der Waals surface area contributed by atoms with E-state index in [-0.39, 0.29) is 11.7 Å². The quantitative estimate of drug-likeness (QED) is 0.205. The molecule has 0 saturated heterocycles. The number of hydrogen-bond acceptors (Lipinski definition) is 6. The number of carbonyl (C=O) groups is 2. The summed E-state index contributed by atoms with van der Waals surface area (Å²) in [5.41, 5.74) is 4.27. The van der Waals surface area contributed by atoms with Crippen LogP contribution in [-0.4, -0.2) is 39.5 Å². The van der Waals surface area contributed by atoms with Gasteiger partial charge in [-0.1, -0.05) is 91.7 Å². The first-order valence-electron chi connectivity index (χ1n) is 12.8. The number of carbonyl (C=O) groups excluding carboxylic acids is 2. The highest BCUT2D eigenvalue weighted by Crippen LogP contribution is 2.36. The van der Waals surface area contributed by atoms with Gasteiger partial charge in [-0.05, 0) is 42.2 Å². The first-order valence-corrected chi connectivity index (χ1v) is 13.8. The Labute approximate surface area is 226 Å². The highest BCUT2D eigenvalue weighted by atomic mass is 32.2. The maximum Gasteiger partial charge on any atom is 0.337 e. The third-order valence-corrected chi connectivity index (χ3v) is 7.70. The van der Waals surface area contributed by atoms with Gasteiger partial charge in [0.1, 0.15) is 0 Å². The van der Waals surface area contributed by atoms with Crippen molar-refractivity contribution in [3.05, 3.63) is 84.4 Å². The molecule has 4 aromatic rings. The van der Waals surface area contributed by atoms with Crippen molar-refractivity contribution in [1.29, 1.82) is 0 Å². The number of aromatic nitrogens is 3. The molecule has 0 unspecified atom stereocenters. The fourth-order valence-corrected chi connectivity index (χ4v) is 5.66. The molecule has 1 amide bonds. The minimum absolute atomic E-state index is 0.177. The van der Waals surface area contributed by atoms with E-state index in [1.807, 2.05) is 18.2 Å². The number of anilines is 1. The molecule has 5 rings (SSSR count). The van der Waals surface area contributed by atoms with E-state index in [0.29, 0.717) is 17.3 Å². The Morgan fingerprint density at radius 1 is 0.895 bits per heavy atom. The Morgan fingerprint density at radius 2 is 1.61 bits per heavy atom. The second-order valence-corrected chi connectivity index (χ2v) is 10.3. The molecular weight excluding hydrogens is 496 g/mol. The summed E-state index contributed by atoms with van der Waals surface area (Å²) in [6.07, 6.45) is 5.75. The molecule has 0 aliphatic heterocycles. The van der Waals surface area contributed by atoms with Crippen LogP contribution < -0.4 is 5.32 Å². The Hall–Kier alpha value is -3.91. The number of benzene rings is 3. The van der Waals surface area contributed by atoms with Crippen LogP contribution in [0.15, 0.2) is 84.0 Å². The van der Waals surface area contributed by atoms with Gasteiger partial charge in [-0.15, -0.1) is 10.2 Å². The van der Waals surface area contributed by atoms with E-state index in [2.05, 4.69) is 56.5 Å². The van der Waals surface area contributed by atoms with E-state index in [4.69, 9.17) is 4.74 Å². The van der Waals surface area contributed by atoms with Crippen molar-refractivity contribution in [2.45, 2.75) is 43.3 Å². The summed E-state index contributed by atoms with van der Waals surface area (Å²) in [4.78, 5) is 24.6. The number of rotatable bonds is 8. The van der Waals surface area contributed by atoms with Gasteiger partial charge in [0.15, 0.2) is 11.0 Å². The molecule has 0 bridgehead atoms. The largest absolute Gasteiger partial charge is 0.465 e. The molecule has 7 nitrogen and oxygen atoms in total. The molecule has 1 aromatic heterocycles. The molecule has 0 spiro atoms. The lowest BCUT2D eigenvalue weighted by molar-refractivity contribution is -0.113. The van der Waals surface area contributed by atoms with E-state index < -0.39 is 5.97 Å². The highest BCUT2D eigenvalue weighted by molar-refractivity contribution is 7.99. The molecule has 1 fully saturated rings. The standard InChI is InChI=1S/C30H30N4O3S/c1-37-29(36)24-11-8-12-25(19-24)31-27(35)20-38-30-33-32-28(34(30)26-13-6-3-7-14-26)23-17-15-22(16-18-23)21-9-4-2-5-10-21/h2,4-5,8-12,15-19,26H,3,6-7,13-14,20H2,1H3,(H,31,35). The van der Waals surface area contributed by atoms with Crippen LogP contribution in [-0.2, 0) is 9.53 Å². The number of ether oxygens (including phenoxy) is 1. The number of thioether (sulfide) groups is 1. The summed E-state index contributed by atoms with van der Waals surface area (Å²) in [5, 5.41) is 12.7. The van der Waals surface area contributed by atoms with Crippen LogP contribution in [0.25, 0.3) is 22.5 Å². The van der Waals surface area contributed by atoms with Crippen LogP contribution in [0.2, 0.25) is 0 Å². The Bertz CT molecular complexity index is 1400. The van der Waals surface area contributed by atoms with Gasteiger partial charge in [-0.3, -0.25) is 9.36 Å². The SMILES string of the molecule is COC(=O)c1cccc(NC(=O)CSc2nnc(-c3ccc(-c4ccccc4)cc3)n2C2CCCCC2)c1. The predicted molar refractivity (Wildman–Crippen MR) is 150 cm³/mol. The van der Waals surface area contributed by atoms with Crippen LogP contribution >= 0.6 is 11.8 Å². The lowest BCUT2D eigenvalue weighted by atomic mass is 9.95. The van der Waals surface area contributed by atoms with Gasteiger partial charge >= 0.3 is 5.97 Å². The molecule has 194 valence electrons. The highest BCUT2D eigenvalue weighted by Gasteiger charge is 2.24. The smallest absolute Gasteiger partial charge is 0.337 e. The van der Waals surface area contributed by atoms with Crippen molar-refractivity contribution in [2.24, 2.45) is 0 Å². The molecule has 3 aromatic carbocycles. The van der Waals surface area contributed by atoms with Crippen molar-refractivity contribution >= 4 is 29.3 Å². The number of hydrogen-bond donors (Lipinski definition) is 1. The number of amides is 1. The summed E-state index contributed by atoms with van der Waals surface area (Å²) in [6.45, 7) is 0. The summed E-state index contributed by atoms with van der Waals surface area (Å²) in [7, 11) is 1.33. The van der Waals surface area contributed by atoms with Gasteiger partial charge in [0.05, 0.1) is 18.4 Å². The fourth-order valence-electron chi connectivity index (χ4n) is 4.85. The third-order valence-electron chi connectivity index (χ3n) is 6.75. The maximum atomic E-state index is 12.8. The van der Waals surface area contributed by atoms with Gasteiger partial charge < -0.3 is 10.1 Å². The topological polar surface area (TPSA) is 86.1 Å². The van der Waals surface area contributed by atoms with Crippen LogP contribution in [0.3, 0.4) is 0 Å². The van der Waals surface area contributed by atoms with Gasteiger partial charge in [0, 0.05) is 17.3 Å². The molecule has 1 saturated carbocycles. The molecule has 1 heterocycles. The molecule has 38 heavy (non-hydrogen) atoms. The first kappa shape index (κ1) is 25.7. The van der Waals surface area contributed by atoms with E-state index in [1.165, 1.54) is 43.7 Å². The second-order valence-electron chi connectivity index (χ2n) is 9.32. The normalized spacial score (nSPS) is 13.7. The van der Waals surface area contributed by atoms with E-state index in [0.717, 1.165) is 34.9 Å². The Morgan fingerprint density at radius 3 is 2.34 bits per heavy atom. The van der Waals surface area contributed by atoms with Gasteiger partial charge in [0.2, 0.25) is 5.91 Å². The van der Waals surface area contributed by atoms with E-state index in [9.17, 15) is 9.59 Å².